The SMILES string of the molecule is CCOC(=O)c1c(NCC2CCCO2)c(C#N)c(=O)n2ccccc12. The van der Waals surface area contributed by atoms with Crippen LogP contribution in [0.4, 0.5) is 5.69 Å². The summed E-state index contributed by atoms with van der Waals surface area (Å²) in [5.74, 6) is -0.572. The number of fused-ring (bicyclic) bond motifs is 1. The van der Waals surface area contributed by atoms with E-state index >= 15 is 0 Å². The van der Waals surface area contributed by atoms with Gasteiger partial charge >= 0.3 is 5.97 Å². The lowest BCUT2D eigenvalue weighted by atomic mass is 10.1. The van der Waals surface area contributed by atoms with E-state index < -0.39 is 11.5 Å². The van der Waals surface area contributed by atoms with Crippen molar-refractivity contribution in [1.29, 1.82) is 5.26 Å². The second kappa shape index (κ2) is 7.36. The molecule has 0 radical (unpaired) electrons. The van der Waals surface area contributed by atoms with Crippen LogP contribution in [0.5, 0.6) is 0 Å². The highest BCUT2D eigenvalue weighted by Gasteiger charge is 2.25. The van der Waals surface area contributed by atoms with Gasteiger partial charge in [0.25, 0.3) is 5.56 Å². The van der Waals surface area contributed by atoms with Gasteiger partial charge in [0.1, 0.15) is 17.2 Å². The number of hydrogen-bond acceptors (Lipinski definition) is 6. The first-order chi connectivity index (χ1) is 12.2. The number of rotatable bonds is 5. The maximum absolute atomic E-state index is 12.6. The number of anilines is 1. The molecule has 2 aromatic rings. The minimum Gasteiger partial charge on any atom is -0.462 e. The predicted molar refractivity (Wildman–Crippen MR) is 91.8 cm³/mol. The number of nitriles is 1. The Labute approximate surface area is 144 Å². The largest absolute Gasteiger partial charge is 0.462 e. The van der Waals surface area contributed by atoms with Gasteiger partial charge in [0, 0.05) is 19.3 Å². The molecule has 1 fully saturated rings. The minimum atomic E-state index is -0.572. The van der Waals surface area contributed by atoms with Gasteiger partial charge in [-0.05, 0) is 31.9 Å². The van der Waals surface area contributed by atoms with Crippen LogP contribution in [0.1, 0.15) is 35.7 Å². The van der Waals surface area contributed by atoms with Crippen molar-refractivity contribution in [1.82, 2.24) is 4.40 Å². The van der Waals surface area contributed by atoms with Crippen LogP contribution in [0, 0.1) is 11.3 Å². The number of esters is 1. The lowest BCUT2D eigenvalue weighted by Gasteiger charge is -2.17. The van der Waals surface area contributed by atoms with Crippen molar-refractivity contribution in [3.8, 4) is 6.07 Å². The third kappa shape index (κ3) is 3.21. The van der Waals surface area contributed by atoms with Crippen LogP contribution in [-0.4, -0.2) is 36.2 Å². The zero-order valence-corrected chi connectivity index (χ0v) is 13.9. The second-order valence-electron chi connectivity index (χ2n) is 5.73. The molecule has 130 valence electrons. The summed E-state index contributed by atoms with van der Waals surface area (Å²) in [6.07, 6.45) is 3.40. The normalized spacial score (nSPS) is 16.6. The summed E-state index contributed by atoms with van der Waals surface area (Å²) in [5.41, 5.74) is 0.231. The number of carbonyl (C=O) groups is 1. The molecule has 0 bridgehead atoms. The van der Waals surface area contributed by atoms with E-state index in [9.17, 15) is 14.9 Å². The van der Waals surface area contributed by atoms with Gasteiger partial charge in [-0.2, -0.15) is 5.26 Å². The van der Waals surface area contributed by atoms with E-state index in [4.69, 9.17) is 9.47 Å². The average Bonchev–Trinajstić information content (AvgIpc) is 3.14. The molecule has 1 N–H and O–H groups in total. The maximum Gasteiger partial charge on any atom is 0.342 e. The van der Waals surface area contributed by atoms with Gasteiger partial charge in [0.2, 0.25) is 0 Å². The standard InChI is InChI=1S/C18H19N3O4/c1-2-24-18(23)15-14-7-3-4-8-21(14)17(22)13(10-19)16(15)20-11-12-6-5-9-25-12/h3-4,7-8,12,20H,2,5-6,9,11H2,1H3. The molecule has 1 aliphatic rings. The Morgan fingerprint density at radius 1 is 1.52 bits per heavy atom. The van der Waals surface area contributed by atoms with E-state index in [1.807, 2.05) is 6.07 Å². The fourth-order valence-electron chi connectivity index (χ4n) is 3.02. The first-order valence-corrected chi connectivity index (χ1v) is 8.27. The van der Waals surface area contributed by atoms with Crippen molar-refractivity contribution in [3.63, 3.8) is 0 Å². The predicted octanol–water partition coefficient (Wildman–Crippen LogP) is 1.94. The Balaban J connectivity index is 2.16. The summed E-state index contributed by atoms with van der Waals surface area (Å²) in [6, 6.07) is 6.98. The van der Waals surface area contributed by atoms with E-state index in [1.165, 1.54) is 10.6 Å². The fraction of sp³-hybridized carbons (Fsp3) is 0.389. The van der Waals surface area contributed by atoms with Crippen LogP contribution in [-0.2, 0) is 9.47 Å². The number of hydrogen-bond donors (Lipinski definition) is 1. The molecular weight excluding hydrogens is 322 g/mol. The van der Waals surface area contributed by atoms with Crippen LogP contribution >= 0.6 is 0 Å². The Kier molecular flexibility index (Phi) is 5.00. The third-order valence-electron chi connectivity index (χ3n) is 4.17. The Morgan fingerprint density at radius 2 is 2.36 bits per heavy atom. The molecule has 0 spiro atoms. The van der Waals surface area contributed by atoms with Crippen molar-refractivity contribution >= 4 is 17.2 Å². The molecule has 1 atom stereocenters. The minimum absolute atomic E-state index is 0.00388. The number of pyridine rings is 2. The van der Waals surface area contributed by atoms with Crippen LogP contribution in [0.3, 0.4) is 0 Å². The summed E-state index contributed by atoms with van der Waals surface area (Å²) < 4.78 is 12.0. The first-order valence-electron chi connectivity index (χ1n) is 8.27. The molecule has 1 saturated heterocycles. The fourth-order valence-corrected chi connectivity index (χ4v) is 3.02. The highest BCUT2D eigenvalue weighted by molar-refractivity contribution is 6.04. The summed E-state index contributed by atoms with van der Waals surface area (Å²) in [4.78, 5) is 25.2. The lowest BCUT2D eigenvalue weighted by molar-refractivity contribution is 0.0529. The summed E-state index contributed by atoms with van der Waals surface area (Å²) in [7, 11) is 0. The van der Waals surface area contributed by atoms with Crippen molar-refractivity contribution in [3.05, 3.63) is 45.9 Å². The Bertz CT molecular complexity index is 892. The monoisotopic (exact) mass is 341 g/mol. The van der Waals surface area contributed by atoms with Crippen LogP contribution in [0.25, 0.3) is 5.52 Å². The zero-order chi connectivity index (χ0) is 17.8. The number of nitrogens with zero attached hydrogens (tertiary/aromatic N) is 2. The number of ether oxygens (including phenoxy) is 2. The van der Waals surface area contributed by atoms with Crippen LogP contribution in [0.2, 0.25) is 0 Å². The second-order valence-corrected chi connectivity index (χ2v) is 5.73. The highest BCUT2D eigenvalue weighted by atomic mass is 16.5. The number of aromatic nitrogens is 1. The molecule has 0 aliphatic carbocycles. The smallest absolute Gasteiger partial charge is 0.342 e. The highest BCUT2D eigenvalue weighted by Crippen LogP contribution is 2.25. The summed E-state index contributed by atoms with van der Waals surface area (Å²) >= 11 is 0. The van der Waals surface area contributed by atoms with Crippen LogP contribution < -0.4 is 10.9 Å². The molecule has 2 aromatic heterocycles. The van der Waals surface area contributed by atoms with Gasteiger partial charge in [0.15, 0.2) is 0 Å². The summed E-state index contributed by atoms with van der Waals surface area (Å²) in [5, 5.41) is 12.6. The van der Waals surface area contributed by atoms with Crippen LogP contribution in [0.15, 0.2) is 29.2 Å². The third-order valence-corrected chi connectivity index (χ3v) is 4.17. The molecule has 3 rings (SSSR count). The quantitative estimate of drug-likeness (QED) is 0.836. The Morgan fingerprint density at radius 3 is 3.04 bits per heavy atom. The summed E-state index contributed by atoms with van der Waals surface area (Å²) in [6.45, 7) is 3.02. The first kappa shape index (κ1) is 17.0. The van der Waals surface area contributed by atoms with E-state index in [0.717, 1.165) is 12.8 Å². The average molecular weight is 341 g/mol. The number of nitrogens with one attached hydrogen (secondary N) is 1. The van der Waals surface area contributed by atoms with E-state index in [-0.39, 0.29) is 29.5 Å². The van der Waals surface area contributed by atoms with Crippen molar-refractivity contribution < 1.29 is 14.3 Å². The van der Waals surface area contributed by atoms with Gasteiger partial charge < -0.3 is 14.8 Å². The maximum atomic E-state index is 12.6. The topological polar surface area (TPSA) is 92.8 Å². The molecule has 0 amide bonds. The van der Waals surface area contributed by atoms with Gasteiger partial charge in [0.05, 0.1) is 23.9 Å². The van der Waals surface area contributed by atoms with Gasteiger partial charge in [-0.1, -0.05) is 6.07 Å². The Hall–Kier alpha value is -2.85. The molecule has 3 heterocycles. The van der Waals surface area contributed by atoms with Crippen molar-refractivity contribution in [2.75, 3.05) is 25.1 Å². The van der Waals surface area contributed by atoms with Gasteiger partial charge in [-0.15, -0.1) is 0 Å². The zero-order valence-electron chi connectivity index (χ0n) is 13.9. The van der Waals surface area contributed by atoms with Gasteiger partial charge in [-0.3, -0.25) is 9.20 Å². The molecule has 7 heteroatoms. The molecule has 7 nitrogen and oxygen atoms in total. The van der Waals surface area contributed by atoms with Crippen molar-refractivity contribution in [2.45, 2.75) is 25.9 Å². The molecular formula is C18H19N3O4. The van der Waals surface area contributed by atoms with E-state index in [2.05, 4.69) is 5.32 Å². The molecule has 0 aromatic carbocycles. The van der Waals surface area contributed by atoms with E-state index in [0.29, 0.717) is 18.7 Å². The molecule has 1 aliphatic heterocycles. The molecule has 25 heavy (non-hydrogen) atoms. The lowest BCUT2D eigenvalue weighted by Crippen LogP contribution is -2.26. The molecule has 0 saturated carbocycles. The molecule has 1 unspecified atom stereocenters. The van der Waals surface area contributed by atoms with E-state index in [1.54, 1.807) is 25.1 Å². The van der Waals surface area contributed by atoms with Gasteiger partial charge in [-0.25, -0.2) is 4.79 Å². The van der Waals surface area contributed by atoms with Crippen molar-refractivity contribution in [2.24, 2.45) is 0 Å². The number of carbonyl (C=O) groups excluding carboxylic acids is 1.